The van der Waals surface area contributed by atoms with Crippen molar-refractivity contribution in [2.45, 2.75) is 20.0 Å². The van der Waals surface area contributed by atoms with Gasteiger partial charge in [-0.1, -0.05) is 49.3 Å². The summed E-state index contributed by atoms with van der Waals surface area (Å²) in [5.74, 6) is -0.802. The van der Waals surface area contributed by atoms with Gasteiger partial charge in [0.2, 0.25) is 6.10 Å². The van der Waals surface area contributed by atoms with Crippen LogP contribution in [0.15, 0.2) is 59.8 Å². The van der Waals surface area contributed by atoms with Crippen LogP contribution in [0.1, 0.15) is 25.5 Å². The maximum absolute atomic E-state index is 12.6. The van der Waals surface area contributed by atoms with Crippen molar-refractivity contribution in [3.8, 4) is 6.07 Å². The van der Waals surface area contributed by atoms with E-state index in [2.05, 4.69) is 16.5 Å². The average Bonchev–Trinajstić information content (AvgIpc) is 3.25. The molecule has 1 aliphatic carbocycles. The lowest BCUT2D eigenvalue weighted by Crippen LogP contribution is -2.14. The van der Waals surface area contributed by atoms with Crippen LogP contribution in [0.3, 0.4) is 0 Å². The number of nitrogens with zero attached hydrogens (tertiary/aromatic N) is 2. The minimum Gasteiger partial charge on any atom is -0.442 e. The maximum Gasteiger partial charge on any atom is 0.311 e. The second-order valence-corrected chi connectivity index (χ2v) is 7.32. The Bertz CT molecular complexity index is 903. The van der Waals surface area contributed by atoms with E-state index in [9.17, 15) is 10.1 Å². The molecule has 0 bridgehead atoms. The van der Waals surface area contributed by atoms with E-state index in [0.717, 1.165) is 11.4 Å². The van der Waals surface area contributed by atoms with Crippen LogP contribution >= 0.6 is 0 Å². The Balaban J connectivity index is 1.70. The number of hydrogen-bond donors (Lipinski definition) is 1. The van der Waals surface area contributed by atoms with Crippen molar-refractivity contribution in [2.75, 3.05) is 12.4 Å². The zero-order valence-electron chi connectivity index (χ0n) is 16.1. The van der Waals surface area contributed by atoms with Gasteiger partial charge in [-0.15, -0.1) is 0 Å². The van der Waals surface area contributed by atoms with Gasteiger partial charge in [-0.3, -0.25) is 4.79 Å². The summed E-state index contributed by atoms with van der Waals surface area (Å²) in [5.41, 5.74) is 2.11. The van der Waals surface area contributed by atoms with E-state index in [-0.39, 0.29) is 17.3 Å². The minimum absolute atomic E-state index is 0.0645. The molecule has 6 heteroatoms. The van der Waals surface area contributed by atoms with Crippen molar-refractivity contribution >= 4 is 23.6 Å². The summed E-state index contributed by atoms with van der Waals surface area (Å²) in [6, 6.07) is 19.1. The van der Waals surface area contributed by atoms with Gasteiger partial charge in [-0.05, 0) is 29.7 Å². The summed E-state index contributed by atoms with van der Waals surface area (Å²) >= 11 is 0. The summed E-state index contributed by atoms with van der Waals surface area (Å²) in [7, 11) is 1.46. The second-order valence-electron chi connectivity index (χ2n) is 7.32. The Morgan fingerprint density at radius 1 is 1.21 bits per heavy atom. The molecule has 2 aromatic rings. The predicted octanol–water partition coefficient (Wildman–Crippen LogP) is 4.44. The Morgan fingerprint density at radius 2 is 1.93 bits per heavy atom. The van der Waals surface area contributed by atoms with Gasteiger partial charge >= 0.3 is 5.97 Å². The number of esters is 1. The number of carbonyl (C=O) groups is 1. The smallest absolute Gasteiger partial charge is 0.311 e. The van der Waals surface area contributed by atoms with Gasteiger partial charge < -0.3 is 14.9 Å². The zero-order chi connectivity index (χ0) is 20.1. The first-order chi connectivity index (χ1) is 13.5. The number of nitrogens with one attached hydrogen (secondary N) is 1. The molecule has 6 nitrogen and oxygen atoms in total. The van der Waals surface area contributed by atoms with Gasteiger partial charge in [0.25, 0.3) is 0 Å². The lowest BCUT2D eigenvalue weighted by atomic mass is 10.1. The molecule has 0 aromatic heterocycles. The fourth-order valence-electron chi connectivity index (χ4n) is 3.36. The number of ether oxygens (including phenoxy) is 1. The second kappa shape index (κ2) is 8.13. The summed E-state index contributed by atoms with van der Waals surface area (Å²) < 4.78 is 5.53. The molecule has 0 spiro atoms. The molecule has 0 saturated heterocycles. The molecule has 0 heterocycles. The Labute approximate surface area is 164 Å². The van der Waals surface area contributed by atoms with Gasteiger partial charge in [0, 0.05) is 29.1 Å². The van der Waals surface area contributed by atoms with E-state index >= 15 is 0 Å². The minimum atomic E-state index is -0.971. The molecule has 1 N–H and O–H groups in total. The van der Waals surface area contributed by atoms with E-state index in [4.69, 9.17) is 9.57 Å². The van der Waals surface area contributed by atoms with E-state index in [1.165, 1.54) is 7.11 Å². The van der Waals surface area contributed by atoms with Gasteiger partial charge in [-0.25, -0.2) is 0 Å². The van der Waals surface area contributed by atoms with Gasteiger partial charge in [-0.2, -0.15) is 5.26 Å². The fourth-order valence-corrected chi connectivity index (χ4v) is 3.36. The summed E-state index contributed by atoms with van der Waals surface area (Å²) in [6.45, 7) is 3.94. The van der Waals surface area contributed by atoms with E-state index < -0.39 is 12.1 Å². The summed E-state index contributed by atoms with van der Waals surface area (Å²) in [4.78, 5) is 17.3. The van der Waals surface area contributed by atoms with Crippen LogP contribution in [0.4, 0.5) is 11.4 Å². The highest BCUT2D eigenvalue weighted by Crippen LogP contribution is 2.58. The number of oxime groups is 1. The molecule has 1 aliphatic rings. The Kier molecular flexibility index (Phi) is 5.65. The van der Waals surface area contributed by atoms with Crippen LogP contribution in [-0.4, -0.2) is 19.3 Å². The largest absolute Gasteiger partial charge is 0.442 e. The highest BCUT2D eigenvalue weighted by atomic mass is 16.6. The number of carbonyl (C=O) groups excluding carboxylic acids is 1. The molecule has 2 aromatic carbocycles. The first-order valence-electron chi connectivity index (χ1n) is 9.06. The van der Waals surface area contributed by atoms with Gasteiger partial charge in [0.05, 0.1) is 5.92 Å². The number of para-hydroxylation sites is 1. The van der Waals surface area contributed by atoms with Crippen LogP contribution in [-0.2, 0) is 14.4 Å². The predicted molar refractivity (Wildman–Crippen MR) is 107 cm³/mol. The number of anilines is 2. The maximum atomic E-state index is 12.6. The third-order valence-electron chi connectivity index (χ3n) is 5.09. The van der Waals surface area contributed by atoms with Crippen molar-refractivity contribution in [2.24, 2.45) is 22.4 Å². The van der Waals surface area contributed by atoms with Crippen LogP contribution in [0.25, 0.3) is 0 Å². The Hall–Kier alpha value is -3.33. The monoisotopic (exact) mass is 377 g/mol. The topological polar surface area (TPSA) is 83.7 Å². The van der Waals surface area contributed by atoms with Crippen LogP contribution < -0.4 is 5.32 Å². The molecule has 0 radical (unpaired) electrons. The molecule has 28 heavy (non-hydrogen) atoms. The van der Waals surface area contributed by atoms with Crippen molar-refractivity contribution < 1.29 is 14.4 Å². The first-order valence-corrected chi connectivity index (χ1v) is 9.06. The third kappa shape index (κ3) is 4.15. The van der Waals surface area contributed by atoms with E-state index in [1.807, 2.05) is 62.4 Å². The number of nitriles is 1. The first kappa shape index (κ1) is 19.4. The molecule has 1 fully saturated rings. The molecular formula is C22H23N3O3. The van der Waals surface area contributed by atoms with Crippen LogP contribution in [0, 0.1) is 28.6 Å². The average molecular weight is 377 g/mol. The van der Waals surface area contributed by atoms with Crippen LogP contribution in [0.5, 0.6) is 0 Å². The van der Waals surface area contributed by atoms with E-state index in [1.54, 1.807) is 12.3 Å². The van der Waals surface area contributed by atoms with Gasteiger partial charge in [0.1, 0.15) is 13.2 Å². The highest BCUT2D eigenvalue weighted by molar-refractivity contribution is 5.85. The molecule has 3 atom stereocenters. The molecule has 3 rings (SSSR count). The normalized spacial score (nSPS) is 20.8. The summed E-state index contributed by atoms with van der Waals surface area (Å²) in [5, 5.41) is 16.6. The van der Waals surface area contributed by atoms with Crippen molar-refractivity contribution in [3.63, 3.8) is 0 Å². The SMILES string of the molecule is CON=CC1C(C(=O)OC(C#N)c2cccc(Nc3ccccc3)c2)C1(C)C. The molecular weight excluding hydrogens is 354 g/mol. The number of rotatable bonds is 7. The molecule has 0 amide bonds. The van der Waals surface area contributed by atoms with Crippen LogP contribution in [0.2, 0.25) is 0 Å². The lowest BCUT2D eigenvalue weighted by molar-refractivity contribution is -0.149. The molecule has 1 saturated carbocycles. The van der Waals surface area contributed by atoms with Crippen molar-refractivity contribution in [3.05, 3.63) is 60.2 Å². The molecule has 144 valence electrons. The summed E-state index contributed by atoms with van der Waals surface area (Å²) in [6.07, 6.45) is 0.652. The third-order valence-corrected chi connectivity index (χ3v) is 5.09. The zero-order valence-corrected chi connectivity index (χ0v) is 16.1. The molecule has 3 unspecified atom stereocenters. The van der Waals surface area contributed by atoms with Gasteiger partial charge in [0.15, 0.2) is 0 Å². The quantitative estimate of drug-likeness (QED) is 0.438. The van der Waals surface area contributed by atoms with Crippen molar-refractivity contribution in [1.29, 1.82) is 5.26 Å². The fraction of sp³-hybridized carbons (Fsp3) is 0.318. The Morgan fingerprint density at radius 3 is 2.61 bits per heavy atom. The standard InChI is InChI=1S/C22H23N3O3/c1-22(2)18(14-24-27-3)20(22)21(26)28-19(13-23)15-8-7-11-17(12-15)25-16-9-5-4-6-10-16/h4-12,14,18-20,25H,1-3H3. The highest BCUT2D eigenvalue weighted by Gasteiger charge is 2.62. The molecule has 0 aliphatic heterocycles. The van der Waals surface area contributed by atoms with Crippen molar-refractivity contribution in [1.82, 2.24) is 0 Å². The number of benzene rings is 2. The van der Waals surface area contributed by atoms with E-state index in [0.29, 0.717) is 5.56 Å². The lowest BCUT2D eigenvalue weighted by Gasteiger charge is -2.14. The number of hydrogen-bond acceptors (Lipinski definition) is 6.